The van der Waals surface area contributed by atoms with Gasteiger partial charge in [0, 0.05) is 27.2 Å². The topological polar surface area (TPSA) is 100 Å². The van der Waals surface area contributed by atoms with E-state index in [1.807, 2.05) is 30.3 Å². The molecule has 0 radical (unpaired) electrons. The summed E-state index contributed by atoms with van der Waals surface area (Å²) in [5.41, 5.74) is 2.12. The van der Waals surface area contributed by atoms with Crippen molar-refractivity contribution in [3.8, 4) is 0 Å². The number of amides is 3. The highest BCUT2D eigenvalue weighted by molar-refractivity contribution is 8.00. The van der Waals surface area contributed by atoms with Crippen molar-refractivity contribution in [2.75, 3.05) is 10.6 Å². The van der Waals surface area contributed by atoms with Crippen LogP contribution in [0, 0.1) is 0 Å². The second kappa shape index (κ2) is 14.6. The molecule has 220 valence electrons. The van der Waals surface area contributed by atoms with Crippen LogP contribution in [0.15, 0.2) is 137 Å². The molecular weight excluding hydrogens is 617 g/mol. The van der Waals surface area contributed by atoms with E-state index in [1.54, 1.807) is 84.9 Å². The molecule has 1 heterocycles. The highest BCUT2D eigenvalue weighted by Gasteiger charge is 2.23. The molecule has 3 N–H and O–H groups in total. The molecule has 44 heavy (non-hydrogen) atoms. The van der Waals surface area contributed by atoms with Crippen LogP contribution in [0.4, 0.5) is 11.4 Å². The maximum absolute atomic E-state index is 13.5. The van der Waals surface area contributed by atoms with Gasteiger partial charge in [0.1, 0.15) is 16.7 Å². The number of nitrogens with one attached hydrogen (secondary N) is 3. The van der Waals surface area contributed by atoms with Crippen molar-refractivity contribution in [2.24, 2.45) is 0 Å². The van der Waals surface area contributed by atoms with Gasteiger partial charge in [-0.15, -0.1) is 11.8 Å². The highest BCUT2D eigenvalue weighted by Crippen LogP contribution is 2.37. The van der Waals surface area contributed by atoms with Gasteiger partial charge in [-0.25, -0.2) is 0 Å². The van der Waals surface area contributed by atoms with Crippen LogP contribution in [0.1, 0.15) is 26.9 Å². The van der Waals surface area contributed by atoms with Crippen molar-refractivity contribution in [3.63, 3.8) is 0 Å². The van der Waals surface area contributed by atoms with E-state index in [1.165, 1.54) is 24.1 Å². The molecular formula is C34H25Cl2N3O4S. The van der Waals surface area contributed by atoms with Crippen molar-refractivity contribution >= 4 is 70.1 Å². The summed E-state index contributed by atoms with van der Waals surface area (Å²) >= 11 is 13.7. The van der Waals surface area contributed by atoms with Gasteiger partial charge >= 0.3 is 0 Å². The Hall–Kier alpha value is -4.76. The number of thioether (sulfide) groups is 1. The fraction of sp³-hybridized carbons (Fsp3) is 0.0294. The molecule has 4 aromatic carbocycles. The van der Waals surface area contributed by atoms with Crippen molar-refractivity contribution in [1.29, 1.82) is 0 Å². The lowest BCUT2D eigenvalue weighted by Crippen LogP contribution is -2.30. The first-order valence-corrected chi connectivity index (χ1v) is 15.0. The summed E-state index contributed by atoms with van der Waals surface area (Å²) in [7, 11) is 0. The number of furan rings is 1. The third kappa shape index (κ3) is 8.20. The highest BCUT2D eigenvalue weighted by atomic mass is 35.5. The lowest BCUT2D eigenvalue weighted by atomic mass is 10.1. The lowest BCUT2D eigenvalue weighted by molar-refractivity contribution is -0.116. The smallest absolute Gasteiger partial charge is 0.272 e. The van der Waals surface area contributed by atoms with Crippen LogP contribution in [0.5, 0.6) is 0 Å². The van der Waals surface area contributed by atoms with E-state index in [-0.39, 0.29) is 11.6 Å². The largest absolute Gasteiger partial charge is 0.465 e. The average Bonchev–Trinajstić information content (AvgIpc) is 3.56. The van der Waals surface area contributed by atoms with Crippen molar-refractivity contribution in [2.45, 2.75) is 10.1 Å². The van der Waals surface area contributed by atoms with E-state index >= 15 is 0 Å². The average molecular weight is 643 g/mol. The second-order valence-electron chi connectivity index (χ2n) is 9.39. The standard InChI is InChI=1S/C34H25Cl2N3O4S/c35-24-13-18-28(36)29(20-24)38-34(42)31(22-8-3-1-4-9-22)44-27-16-14-25(15-17-27)37-33(41)30(21-26-12-7-19-43-26)39-32(40)23-10-5-2-6-11-23/h1-21,31H,(H,37,41)(H,38,42)(H,39,40)/b30-21-. The summed E-state index contributed by atoms with van der Waals surface area (Å²) < 4.78 is 5.35. The number of rotatable bonds is 10. The Bertz CT molecular complexity index is 1780. The van der Waals surface area contributed by atoms with Gasteiger partial charge in [-0.1, -0.05) is 71.7 Å². The number of hydrogen-bond acceptors (Lipinski definition) is 5. The molecule has 1 aromatic heterocycles. The maximum Gasteiger partial charge on any atom is 0.272 e. The first kappa shape index (κ1) is 30.7. The molecule has 5 rings (SSSR count). The SMILES string of the molecule is O=C(Nc1ccc(SC(C(=O)Nc2cc(Cl)ccc2Cl)c2ccccc2)cc1)/C(=C/c1ccco1)NC(=O)c1ccccc1. The predicted octanol–water partition coefficient (Wildman–Crippen LogP) is 8.47. The Morgan fingerprint density at radius 1 is 0.773 bits per heavy atom. The molecule has 0 saturated carbocycles. The molecule has 0 bridgehead atoms. The normalized spacial score (nSPS) is 11.8. The second-order valence-corrected chi connectivity index (χ2v) is 11.4. The van der Waals surface area contributed by atoms with Gasteiger partial charge in [0.2, 0.25) is 5.91 Å². The van der Waals surface area contributed by atoms with Gasteiger partial charge in [-0.2, -0.15) is 0 Å². The number of carbonyl (C=O) groups is 3. The molecule has 7 nitrogen and oxygen atoms in total. The van der Waals surface area contributed by atoms with Gasteiger partial charge in [0.25, 0.3) is 11.8 Å². The van der Waals surface area contributed by atoms with Gasteiger partial charge in [-0.3, -0.25) is 14.4 Å². The summed E-state index contributed by atoms with van der Waals surface area (Å²) in [6.07, 6.45) is 2.93. The van der Waals surface area contributed by atoms with Gasteiger partial charge in [0.05, 0.1) is 17.0 Å². The zero-order chi connectivity index (χ0) is 30.9. The first-order chi connectivity index (χ1) is 21.4. The Labute approximate surface area is 268 Å². The van der Waals surface area contributed by atoms with Crippen LogP contribution in [-0.2, 0) is 9.59 Å². The van der Waals surface area contributed by atoms with E-state index in [9.17, 15) is 14.4 Å². The van der Waals surface area contributed by atoms with Crippen LogP contribution in [0.2, 0.25) is 10.0 Å². The fourth-order valence-electron chi connectivity index (χ4n) is 4.10. The van der Waals surface area contributed by atoms with Crippen molar-refractivity contribution < 1.29 is 18.8 Å². The predicted molar refractivity (Wildman–Crippen MR) is 176 cm³/mol. The maximum atomic E-state index is 13.5. The number of hydrogen-bond donors (Lipinski definition) is 3. The van der Waals surface area contributed by atoms with Crippen LogP contribution >= 0.6 is 35.0 Å². The molecule has 0 aliphatic rings. The van der Waals surface area contributed by atoms with Gasteiger partial charge in [0.15, 0.2) is 0 Å². The molecule has 0 aliphatic carbocycles. The number of carbonyl (C=O) groups excluding carboxylic acids is 3. The number of benzene rings is 4. The Morgan fingerprint density at radius 2 is 1.48 bits per heavy atom. The van der Waals surface area contributed by atoms with E-state index in [0.717, 1.165) is 10.5 Å². The van der Waals surface area contributed by atoms with E-state index in [4.69, 9.17) is 27.6 Å². The summed E-state index contributed by atoms with van der Waals surface area (Å²) in [5, 5.41) is 8.58. The molecule has 3 amide bonds. The van der Waals surface area contributed by atoms with Crippen LogP contribution in [0.25, 0.3) is 6.08 Å². The summed E-state index contributed by atoms with van der Waals surface area (Å²) in [5.74, 6) is -0.843. The molecule has 1 unspecified atom stereocenters. The van der Waals surface area contributed by atoms with E-state index in [0.29, 0.717) is 32.7 Å². The number of halogens is 2. The Morgan fingerprint density at radius 3 is 2.16 bits per heavy atom. The third-order valence-corrected chi connectivity index (χ3v) is 8.08. The minimum Gasteiger partial charge on any atom is -0.465 e. The minimum absolute atomic E-state index is 0.00717. The van der Waals surface area contributed by atoms with E-state index in [2.05, 4.69) is 16.0 Å². The molecule has 0 fully saturated rings. The third-order valence-electron chi connectivity index (χ3n) is 6.25. The lowest BCUT2D eigenvalue weighted by Gasteiger charge is -2.18. The van der Waals surface area contributed by atoms with Crippen molar-refractivity contribution in [3.05, 3.63) is 154 Å². The van der Waals surface area contributed by atoms with Crippen LogP contribution in [0.3, 0.4) is 0 Å². The molecule has 0 aliphatic heterocycles. The quantitative estimate of drug-likeness (QED) is 0.105. The monoisotopic (exact) mass is 641 g/mol. The zero-order valence-electron chi connectivity index (χ0n) is 23.0. The molecule has 10 heteroatoms. The fourth-order valence-corrected chi connectivity index (χ4v) is 5.46. The van der Waals surface area contributed by atoms with Gasteiger partial charge in [-0.05, 0) is 72.3 Å². The van der Waals surface area contributed by atoms with Crippen LogP contribution < -0.4 is 16.0 Å². The minimum atomic E-state index is -0.609. The molecule has 1 atom stereocenters. The van der Waals surface area contributed by atoms with Gasteiger partial charge < -0.3 is 20.4 Å². The summed E-state index contributed by atoms with van der Waals surface area (Å²) in [6, 6.07) is 33.2. The van der Waals surface area contributed by atoms with Crippen molar-refractivity contribution in [1.82, 2.24) is 5.32 Å². The molecule has 5 aromatic rings. The van der Waals surface area contributed by atoms with E-state index < -0.39 is 17.1 Å². The Kier molecular flexibility index (Phi) is 10.2. The summed E-state index contributed by atoms with van der Waals surface area (Å²) in [4.78, 5) is 40.3. The molecule has 0 saturated heterocycles. The summed E-state index contributed by atoms with van der Waals surface area (Å²) in [6.45, 7) is 0. The number of anilines is 2. The zero-order valence-corrected chi connectivity index (χ0v) is 25.3. The first-order valence-electron chi connectivity index (χ1n) is 13.4. The molecule has 0 spiro atoms. The van der Waals surface area contributed by atoms with Crippen LogP contribution in [-0.4, -0.2) is 17.7 Å². The Balaban J connectivity index is 1.31.